The Bertz CT molecular complexity index is 543. The minimum Gasteiger partial charge on any atom is -0.355 e. The van der Waals surface area contributed by atoms with Crippen LogP contribution in [0.15, 0.2) is 29.4 Å². The topological polar surface area (TPSA) is 105 Å². The van der Waals surface area contributed by atoms with E-state index in [-0.39, 0.29) is 48.1 Å². The highest BCUT2D eigenvalue weighted by Crippen LogP contribution is 2.11. The number of likely N-dealkylation sites (N-methyl/N-ethyl adjacent to an activating group) is 1. The molecule has 1 rings (SSSR count). The summed E-state index contributed by atoms with van der Waals surface area (Å²) in [5, 5.41) is 2.65. The average molecular weight is 373 g/mol. The molecule has 1 atom stereocenters. The smallest absolute Gasteiger partial charge is 0.244 e. The molecule has 1 unspecified atom stereocenters. The van der Waals surface area contributed by atoms with Gasteiger partial charge in [0.25, 0.3) is 0 Å². The molecule has 128 valence electrons. The summed E-state index contributed by atoms with van der Waals surface area (Å²) in [7, 11) is -2.34. The Morgan fingerprint density at radius 1 is 1.45 bits per heavy atom. The van der Waals surface area contributed by atoms with Crippen LogP contribution in [-0.4, -0.2) is 50.3 Å². The van der Waals surface area contributed by atoms with Crippen molar-refractivity contribution in [3.05, 3.63) is 24.5 Å². The number of rotatable bonds is 7. The van der Waals surface area contributed by atoms with Crippen molar-refractivity contribution in [3.63, 3.8) is 0 Å². The number of sulfonamides is 1. The summed E-state index contributed by atoms with van der Waals surface area (Å²) in [6, 6.07) is 2.97. The second kappa shape index (κ2) is 10.7. The molecule has 0 saturated heterocycles. The second-order valence-corrected chi connectivity index (χ2v) is 6.64. The number of halogens is 2. The number of nitrogens with two attached hydrogens (primary N) is 1. The molecule has 7 nitrogen and oxygen atoms in total. The minimum atomic E-state index is -3.69. The number of carbonyl (C=O) groups is 1. The summed E-state index contributed by atoms with van der Waals surface area (Å²) in [5.41, 5.74) is 5.44. The molecule has 0 radical (unpaired) electrons. The van der Waals surface area contributed by atoms with Crippen LogP contribution in [0.2, 0.25) is 0 Å². The van der Waals surface area contributed by atoms with Crippen LogP contribution in [0.1, 0.15) is 6.92 Å². The van der Waals surface area contributed by atoms with Gasteiger partial charge in [-0.3, -0.25) is 9.78 Å². The minimum absolute atomic E-state index is 0. The molecular formula is C12H22Cl2N4O3S. The number of amides is 1. The SMILES string of the molecule is CC(CN)CNC(=O)CN(C)S(=O)(=O)c1cccnc1.Cl.Cl. The number of carbonyl (C=O) groups excluding carboxylic acids is 1. The molecule has 0 aliphatic heterocycles. The van der Waals surface area contributed by atoms with Gasteiger partial charge in [0.05, 0.1) is 6.54 Å². The zero-order chi connectivity index (χ0) is 15.2. The van der Waals surface area contributed by atoms with Crippen LogP contribution in [0.3, 0.4) is 0 Å². The van der Waals surface area contributed by atoms with E-state index in [2.05, 4.69) is 10.3 Å². The zero-order valence-electron chi connectivity index (χ0n) is 12.4. The summed E-state index contributed by atoms with van der Waals surface area (Å²) in [6.07, 6.45) is 2.74. The van der Waals surface area contributed by atoms with Crippen LogP contribution in [-0.2, 0) is 14.8 Å². The molecule has 1 aromatic rings. The molecule has 10 heteroatoms. The van der Waals surface area contributed by atoms with Gasteiger partial charge in [-0.25, -0.2) is 8.42 Å². The van der Waals surface area contributed by atoms with Crippen LogP contribution in [0, 0.1) is 5.92 Å². The van der Waals surface area contributed by atoms with E-state index in [9.17, 15) is 13.2 Å². The molecule has 0 bridgehead atoms. The largest absolute Gasteiger partial charge is 0.355 e. The van der Waals surface area contributed by atoms with E-state index in [0.717, 1.165) is 4.31 Å². The summed E-state index contributed by atoms with van der Waals surface area (Å²) in [6.45, 7) is 2.55. The lowest BCUT2D eigenvalue weighted by atomic mass is 10.2. The van der Waals surface area contributed by atoms with Gasteiger partial charge in [0, 0.05) is 26.0 Å². The normalized spacial score (nSPS) is 12.0. The standard InChI is InChI=1S/C12H20N4O3S.2ClH/c1-10(6-13)7-15-12(17)9-16(2)20(18,19)11-4-3-5-14-8-11;;/h3-5,8,10H,6-7,9,13H2,1-2H3,(H,15,17);2*1H. The molecule has 0 saturated carbocycles. The quantitative estimate of drug-likeness (QED) is 0.713. The summed E-state index contributed by atoms with van der Waals surface area (Å²) < 4.78 is 25.3. The van der Waals surface area contributed by atoms with Crippen molar-refractivity contribution in [2.45, 2.75) is 11.8 Å². The highest BCUT2D eigenvalue weighted by Gasteiger charge is 2.22. The third kappa shape index (κ3) is 6.89. The fraction of sp³-hybridized carbons (Fsp3) is 0.500. The fourth-order valence-electron chi connectivity index (χ4n) is 1.39. The van der Waals surface area contributed by atoms with Crippen molar-refractivity contribution in [2.75, 3.05) is 26.7 Å². The van der Waals surface area contributed by atoms with Gasteiger partial charge in [-0.2, -0.15) is 4.31 Å². The molecule has 1 aromatic heterocycles. The highest BCUT2D eigenvalue weighted by molar-refractivity contribution is 7.89. The predicted octanol–water partition coefficient (Wildman–Crippen LogP) is 0.257. The lowest BCUT2D eigenvalue weighted by molar-refractivity contribution is -0.121. The Balaban J connectivity index is 0. The first kappa shape index (κ1) is 23.3. The molecule has 3 N–H and O–H groups in total. The zero-order valence-corrected chi connectivity index (χ0v) is 14.9. The Hall–Kier alpha value is -0.930. The number of hydrogen-bond acceptors (Lipinski definition) is 5. The Morgan fingerprint density at radius 3 is 2.59 bits per heavy atom. The van der Waals surface area contributed by atoms with Crippen LogP contribution in [0.4, 0.5) is 0 Å². The average Bonchev–Trinajstić information content (AvgIpc) is 2.45. The number of hydrogen-bond donors (Lipinski definition) is 2. The predicted molar refractivity (Wildman–Crippen MR) is 89.8 cm³/mol. The molecule has 0 spiro atoms. The Labute approximate surface area is 143 Å². The van der Waals surface area contributed by atoms with Gasteiger partial charge in [0.2, 0.25) is 15.9 Å². The highest BCUT2D eigenvalue weighted by atomic mass is 35.5. The molecule has 0 aliphatic carbocycles. The van der Waals surface area contributed by atoms with Crippen molar-refractivity contribution >= 4 is 40.7 Å². The van der Waals surface area contributed by atoms with Gasteiger partial charge >= 0.3 is 0 Å². The summed E-state index contributed by atoms with van der Waals surface area (Å²) in [5.74, 6) is -0.209. The van der Waals surface area contributed by atoms with E-state index in [1.54, 1.807) is 0 Å². The maximum atomic E-state index is 12.1. The van der Waals surface area contributed by atoms with Crippen LogP contribution < -0.4 is 11.1 Å². The molecule has 0 aromatic carbocycles. The first-order chi connectivity index (χ1) is 9.37. The van der Waals surface area contributed by atoms with Crippen LogP contribution in [0.5, 0.6) is 0 Å². The van der Waals surface area contributed by atoms with Gasteiger partial charge in [0.15, 0.2) is 0 Å². The van der Waals surface area contributed by atoms with Crippen molar-refractivity contribution < 1.29 is 13.2 Å². The lowest BCUT2D eigenvalue weighted by Gasteiger charge is -2.17. The van der Waals surface area contributed by atoms with Gasteiger partial charge in [-0.15, -0.1) is 24.8 Å². The molecule has 0 aliphatic rings. The Morgan fingerprint density at radius 2 is 2.09 bits per heavy atom. The van der Waals surface area contributed by atoms with E-state index in [1.165, 1.54) is 31.6 Å². The number of aromatic nitrogens is 1. The number of nitrogens with zero attached hydrogens (tertiary/aromatic N) is 2. The summed E-state index contributed by atoms with van der Waals surface area (Å²) >= 11 is 0. The molecule has 22 heavy (non-hydrogen) atoms. The molecule has 1 amide bonds. The number of nitrogens with one attached hydrogen (secondary N) is 1. The monoisotopic (exact) mass is 372 g/mol. The van der Waals surface area contributed by atoms with Crippen molar-refractivity contribution in [1.82, 2.24) is 14.6 Å². The van der Waals surface area contributed by atoms with E-state index in [0.29, 0.717) is 13.1 Å². The third-order valence-electron chi connectivity index (χ3n) is 2.76. The fourth-order valence-corrected chi connectivity index (χ4v) is 2.49. The van der Waals surface area contributed by atoms with E-state index in [1.807, 2.05) is 6.92 Å². The van der Waals surface area contributed by atoms with E-state index in [4.69, 9.17) is 5.73 Å². The molecule has 0 fully saturated rings. The van der Waals surface area contributed by atoms with Crippen molar-refractivity contribution in [3.8, 4) is 0 Å². The van der Waals surface area contributed by atoms with Gasteiger partial charge < -0.3 is 11.1 Å². The maximum Gasteiger partial charge on any atom is 0.244 e. The van der Waals surface area contributed by atoms with Crippen molar-refractivity contribution in [2.24, 2.45) is 11.7 Å². The van der Waals surface area contributed by atoms with Crippen molar-refractivity contribution in [1.29, 1.82) is 0 Å². The van der Waals surface area contributed by atoms with Gasteiger partial charge in [-0.1, -0.05) is 6.92 Å². The first-order valence-electron chi connectivity index (χ1n) is 6.21. The first-order valence-corrected chi connectivity index (χ1v) is 7.65. The maximum absolute atomic E-state index is 12.1. The third-order valence-corrected chi connectivity index (χ3v) is 4.55. The molecular weight excluding hydrogens is 351 g/mol. The van der Waals surface area contributed by atoms with E-state index >= 15 is 0 Å². The lowest BCUT2D eigenvalue weighted by Crippen LogP contribution is -2.40. The number of pyridine rings is 1. The van der Waals surface area contributed by atoms with Gasteiger partial charge in [-0.05, 0) is 24.6 Å². The van der Waals surface area contributed by atoms with E-state index < -0.39 is 10.0 Å². The Kier molecular flexibility index (Phi) is 11.4. The second-order valence-electron chi connectivity index (χ2n) is 4.59. The van der Waals surface area contributed by atoms with Gasteiger partial charge in [0.1, 0.15) is 4.90 Å². The molecule has 1 heterocycles. The van der Waals surface area contributed by atoms with Crippen LogP contribution >= 0.6 is 24.8 Å². The van der Waals surface area contributed by atoms with Crippen LogP contribution in [0.25, 0.3) is 0 Å². The summed E-state index contributed by atoms with van der Waals surface area (Å²) in [4.78, 5) is 15.5.